The minimum atomic E-state index is -1.09. The molecule has 0 saturated heterocycles. The van der Waals surface area contributed by atoms with Crippen molar-refractivity contribution >= 4 is 5.97 Å². The van der Waals surface area contributed by atoms with Crippen molar-refractivity contribution in [3.8, 4) is 29.0 Å². The van der Waals surface area contributed by atoms with E-state index in [0.717, 1.165) is 19.3 Å². The van der Waals surface area contributed by atoms with E-state index in [4.69, 9.17) is 10.00 Å². The summed E-state index contributed by atoms with van der Waals surface area (Å²) in [6, 6.07) is 11.1. The van der Waals surface area contributed by atoms with Gasteiger partial charge < -0.3 is 14.4 Å². The van der Waals surface area contributed by atoms with Gasteiger partial charge >= 0.3 is 5.97 Å². The number of nitriles is 2. The average molecular weight is 434 g/mol. The van der Waals surface area contributed by atoms with Gasteiger partial charge in [0.2, 0.25) is 0 Å². The van der Waals surface area contributed by atoms with Crippen LogP contribution in [-0.4, -0.2) is 15.6 Å². The largest absolute Gasteiger partial charge is 0.477 e. The lowest BCUT2D eigenvalue weighted by atomic mass is 10.0. The van der Waals surface area contributed by atoms with Crippen LogP contribution in [-0.2, 0) is 7.05 Å². The summed E-state index contributed by atoms with van der Waals surface area (Å²) in [5.74, 6) is 0.110. The summed E-state index contributed by atoms with van der Waals surface area (Å²) in [6.45, 7) is 8.25. The highest BCUT2D eigenvalue weighted by molar-refractivity contribution is 5.96. The SMILES string of the molecule is CC.CCC.Cn1cc(C#N)c(-c2ccc(OC3=CCCCC(C#N)=C3)cc2)c1C(=O)O. The van der Waals surface area contributed by atoms with Crippen LogP contribution in [0.4, 0.5) is 0 Å². The van der Waals surface area contributed by atoms with Crippen LogP contribution in [0.2, 0.25) is 0 Å². The van der Waals surface area contributed by atoms with E-state index < -0.39 is 5.97 Å². The fourth-order valence-corrected chi connectivity index (χ4v) is 3.09. The molecule has 0 unspecified atom stereocenters. The van der Waals surface area contributed by atoms with Gasteiger partial charge in [-0.05, 0) is 49.1 Å². The van der Waals surface area contributed by atoms with Gasteiger partial charge in [-0.3, -0.25) is 0 Å². The third-order valence-electron chi connectivity index (χ3n) is 4.34. The van der Waals surface area contributed by atoms with E-state index in [1.165, 1.54) is 17.2 Å². The van der Waals surface area contributed by atoms with E-state index in [9.17, 15) is 15.2 Å². The Kier molecular flexibility index (Phi) is 11.1. The molecule has 0 bridgehead atoms. The van der Waals surface area contributed by atoms with Crippen LogP contribution in [0.15, 0.2) is 53.9 Å². The van der Waals surface area contributed by atoms with Crippen LogP contribution in [0.3, 0.4) is 0 Å². The number of aromatic nitrogens is 1. The number of aromatic carboxylic acids is 1. The van der Waals surface area contributed by atoms with Gasteiger partial charge in [0.1, 0.15) is 23.3 Å². The predicted octanol–water partition coefficient (Wildman–Crippen LogP) is 6.60. The summed E-state index contributed by atoms with van der Waals surface area (Å²) in [7, 11) is 1.60. The van der Waals surface area contributed by atoms with Crippen molar-refractivity contribution in [3.63, 3.8) is 0 Å². The molecule has 1 aromatic heterocycles. The fraction of sp³-hybridized carbons (Fsp3) is 0.346. The maximum atomic E-state index is 11.6. The number of aryl methyl sites for hydroxylation is 1. The lowest BCUT2D eigenvalue weighted by Crippen LogP contribution is -2.05. The molecule has 2 aromatic rings. The number of benzene rings is 1. The van der Waals surface area contributed by atoms with Crippen molar-refractivity contribution in [2.45, 2.75) is 53.4 Å². The van der Waals surface area contributed by atoms with E-state index in [-0.39, 0.29) is 5.69 Å². The highest BCUT2D eigenvalue weighted by Gasteiger charge is 2.21. The molecule has 6 nitrogen and oxygen atoms in total. The van der Waals surface area contributed by atoms with Gasteiger partial charge in [0.05, 0.1) is 11.6 Å². The van der Waals surface area contributed by atoms with Crippen LogP contribution in [0, 0.1) is 22.7 Å². The zero-order valence-electron chi connectivity index (χ0n) is 19.5. The van der Waals surface area contributed by atoms with E-state index in [0.29, 0.717) is 33.8 Å². The molecule has 168 valence electrons. The Morgan fingerprint density at radius 3 is 2.31 bits per heavy atom. The van der Waals surface area contributed by atoms with Crippen LogP contribution in [0.1, 0.15) is 69.4 Å². The molecule has 32 heavy (non-hydrogen) atoms. The van der Waals surface area contributed by atoms with Crippen molar-refractivity contribution in [2.75, 3.05) is 0 Å². The minimum absolute atomic E-state index is 0.0632. The highest BCUT2D eigenvalue weighted by Crippen LogP contribution is 2.31. The number of rotatable bonds is 4. The Bertz CT molecular complexity index is 1050. The van der Waals surface area contributed by atoms with Gasteiger partial charge in [-0.2, -0.15) is 10.5 Å². The Hall–Kier alpha value is -3.77. The number of carboxylic acids is 1. The van der Waals surface area contributed by atoms with Crippen molar-refractivity contribution in [1.82, 2.24) is 4.57 Å². The molecule has 1 heterocycles. The summed E-state index contributed by atoms with van der Waals surface area (Å²) < 4.78 is 7.28. The fourth-order valence-electron chi connectivity index (χ4n) is 3.09. The van der Waals surface area contributed by atoms with Gasteiger partial charge in [-0.25, -0.2) is 4.79 Å². The lowest BCUT2D eigenvalue weighted by Gasteiger charge is -2.08. The molecular weight excluding hydrogens is 402 g/mol. The molecule has 0 spiro atoms. The maximum absolute atomic E-state index is 11.6. The van der Waals surface area contributed by atoms with Crippen molar-refractivity contribution in [2.24, 2.45) is 7.05 Å². The van der Waals surface area contributed by atoms with Gasteiger partial charge in [0.25, 0.3) is 0 Å². The molecule has 6 heteroatoms. The molecule has 1 aromatic carbocycles. The van der Waals surface area contributed by atoms with Crippen molar-refractivity contribution in [3.05, 3.63) is 65.2 Å². The Balaban J connectivity index is 0.000000944. The van der Waals surface area contributed by atoms with Crippen LogP contribution >= 0.6 is 0 Å². The first-order valence-electron chi connectivity index (χ1n) is 10.9. The second-order valence-corrected chi connectivity index (χ2v) is 6.91. The number of allylic oxidation sites excluding steroid dienone is 3. The number of carboxylic acid groups (broad SMARTS) is 1. The molecular formula is C26H31N3O3. The monoisotopic (exact) mass is 433 g/mol. The highest BCUT2D eigenvalue weighted by atomic mass is 16.5. The molecule has 1 aliphatic carbocycles. The summed E-state index contributed by atoms with van der Waals surface area (Å²) in [5.41, 5.74) is 2.06. The quantitative estimate of drug-likeness (QED) is 0.585. The number of carbonyl (C=O) groups is 1. The zero-order chi connectivity index (χ0) is 24.1. The molecule has 0 amide bonds. The number of hydrogen-bond donors (Lipinski definition) is 1. The van der Waals surface area contributed by atoms with E-state index in [1.807, 2.05) is 26.0 Å². The van der Waals surface area contributed by atoms with Gasteiger partial charge in [-0.15, -0.1) is 0 Å². The molecule has 1 N–H and O–H groups in total. The Labute approximate surface area is 190 Å². The number of ether oxygens (including phenoxy) is 1. The van der Waals surface area contributed by atoms with E-state index in [2.05, 4.69) is 19.9 Å². The summed E-state index contributed by atoms with van der Waals surface area (Å²) in [5, 5.41) is 27.9. The minimum Gasteiger partial charge on any atom is -0.477 e. The number of hydrogen-bond acceptors (Lipinski definition) is 4. The maximum Gasteiger partial charge on any atom is 0.353 e. The van der Waals surface area contributed by atoms with Crippen LogP contribution in [0.25, 0.3) is 11.1 Å². The number of nitrogens with zero attached hydrogens (tertiary/aromatic N) is 3. The summed E-state index contributed by atoms with van der Waals surface area (Å²) in [4.78, 5) is 11.6. The molecule has 3 rings (SSSR count). The second kappa shape index (κ2) is 13.5. The predicted molar refractivity (Wildman–Crippen MR) is 126 cm³/mol. The third-order valence-corrected chi connectivity index (χ3v) is 4.34. The molecule has 0 radical (unpaired) electrons. The third kappa shape index (κ3) is 6.89. The van der Waals surface area contributed by atoms with Crippen molar-refractivity contribution < 1.29 is 14.6 Å². The Morgan fingerprint density at radius 1 is 1.16 bits per heavy atom. The van der Waals surface area contributed by atoms with Gasteiger partial charge in [-0.1, -0.05) is 46.2 Å². The zero-order valence-corrected chi connectivity index (χ0v) is 19.5. The van der Waals surface area contributed by atoms with Gasteiger partial charge in [0, 0.05) is 24.4 Å². The summed E-state index contributed by atoms with van der Waals surface area (Å²) in [6.07, 6.45) is 8.94. The van der Waals surface area contributed by atoms with Gasteiger partial charge in [0.15, 0.2) is 0 Å². The molecule has 1 aliphatic rings. The van der Waals surface area contributed by atoms with Crippen LogP contribution < -0.4 is 4.74 Å². The van der Waals surface area contributed by atoms with E-state index >= 15 is 0 Å². The normalized spacial score (nSPS) is 12.2. The molecule has 0 aliphatic heterocycles. The lowest BCUT2D eigenvalue weighted by molar-refractivity contribution is 0.0687. The first kappa shape index (κ1) is 26.3. The second-order valence-electron chi connectivity index (χ2n) is 6.91. The first-order chi connectivity index (χ1) is 15.4. The van der Waals surface area contributed by atoms with Crippen LogP contribution in [0.5, 0.6) is 5.75 Å². The first-order valence-corrected chi connectivity index (χ1v) is 10.9. The molecule has 0 saturated carbocycles. The molecule has 0 atom stereocenters. The standard InChI is InChI=1S/C21H17N3O3.C3H8.C2H6/c1-24-13-16(12-23)19(20(24)21(25)26)15-6-8-17(9-7-15)27-18-5-3-2-4-14(10-18)11-22;1-3-2;1-2/h5-10,13H,2-4H2,1H3,(H,25,26);3H2,1-2H3;1-2H3. The average Bonchev–Trinajstić information content (AvgIpc) is 2.97. The van der Waals surface area contributed by atoms with E-state index in [1.54, 1.807) is 37.4 Å². The van der Waals surface area contributed by atoms with Crippen molar-refractivity contribution in [1.29, 1.82) is 10.5 Å². The summed E-state index contributed by atoms with van der Waals surface area (Å²) >= 11 is 0. The topological polar surface area (TPSA) is 99.0 Å². The molecule has 0 fully saturated rings. The smallest absolute Gasteiger partial charge is 0.353 e. The Morgan fingerprint density at radius 2 is 1.78 bits per heavy atom.